The SMILES string of the molecule is CCCCCCCC/C=C\CCCCCCCC(=O)OCC(=O)COC(=O)CCCCCCC/C=C\CCCCCCCC. The molecule has 0 aliphatic heterocycles. The molecule has 5 nitrogen and oxygen atoms in total. The van der Waals surface area contributed by atoms with Gasteiger partial charge < -0.3 is 9.47 Å². The minimum Gasteiger partial charge on any atom is -0.458 e. The summed E-state index contributed by atoms with van der Waals surface area (Å²) >= 11 is 0. The Bertz CT molecular complexity index is 653. The van der Waals surface area contributed by atoms with Crippen molar-refractivity contribution in [1.29, 1.82) is 0 Å². The van der Waals surface area contributed by atoms with Crippen molar-refractivity contribution < 1.29 is 23.9 Å². The maximum atomic E-state index is 11.9. The maximum Gasteiger partial charge on any atom is 0.306 e. The topological polar surface area (TPSA) is 69.7 Å². The van der Waals surface area contributed by atoms with Crippen molar-refractivity contribution in [1.82, 2.24) is 0 Å². The third-order valence-corrected chi connectivity index (χ3v) is 8.07. The second-order valence-corrected chi connectivity index (χ2v) is 12.5. The number of hydrogen-bond acceptors (Lipinski definition) is 5. The number of ether oxygens (including phenoxy) is 2. The Labute approximate surface area is 272 Å². The molecule has 0 amide bonds. The molecule has 0 aliphatic carbocycles. The molecule has 44 heavy (non-hydrogen) atoms. The normalized spacial score (nSPS) is 11.5. The smallest absolute Gasteiger partial charge is 0.306 e. The molecule has 5 heteroatoms. The van der Waals surface area contributed by atoms with Gasteiger partial charge in [0, 0.05) is 12.8 Å². The first-order valence-corrected chi connectivity index (χ1v) is 18.7. The van der Waals surface area contributed by atoms with Crippen LogP contribution >= 0.6 is 0 Å². The summed E-state index contributed by atoms with van der Waals surface area (Å²) in [6.45, 7) is 3.88. The molecule has 256 valence electrons. The van der Waals surface area contributed by atoms with Gasteiger partial charge in [0.05, 0.1) is 0 Å². The summed E-state index contributed by atoms with van der Waals surface area (Å²) in [5, 5.41) is 0. The standard InChI is InChI=1S/C39H70O5/c1-3-5-7-9-11-13-15-17-19-21-23-25-27-29-31-33-38(41)43-35-37(40)36-44-39(42)34-32-30-28-26-24-22-20-18-16-14-12-10-8-6-4-2/h17-20H,3-16,21-36H2,1-2H3/b19-17-,20-18-. The number of Topliss-reactive ketones (excluding diaryl/α,β-unsaturated/α-hetero) is 1. The molecule has 0 bridgehead atoms. The second kappa shape index (κ2) is 35.6. The molecule has 0 rings (SSSR count). The molecule has 0 aliphatic rings. The Hall–Kier alpha value is -1.91. The number of hydrogen-bond donors (Lipinski definition) is 0. The van der Waals surface area contributed by atoms with Gasteiger partial charge in [-0.05, 0) is 64.2 Å². The van der Waals surface area contributed by atoms with Gasteiger partial charge in [-0.1, -0.05) is 141 Å². The quantitative estimate of drug-likeness (QED) is 0.0407. The van der Waals surface area contributed by atoms with Crippen LogP contribution in [0.3, 0.4) is 0 Å². The Kier molecular flexibility index (Phi) is 34.0. The van der Waals surface area contributed by atoms with E-state index in [0.717, 1.165) is 51.4 Å². The monoisotopic (exact) mass is 619 g/mol. The zero-order chi connectivity index (χ0) is 32.2. The number of ketones is 1. The fraction of sp³-hybridized carbons (Fsp3) is 0.821. The maximum absolute atomic E-state index is 11.9. The average molecular weight is 619 g/mol. The predicted octanol–water partition coefficient (Wildman–Crippen LogP) is 11.7. The van der Waals surface area contributed by atoms with Crippen LogP contribution in [-0.2, 0) is 23.9 Å². The fourth-order valence-electron chi connectivity index (χ4n) is 5.19. The van der Waals surface area contributed by atoms with Crippen LogP contribution in [0.4, 0.5) is 0 Å². The van der Waals surface area contributed by atoms with Gasteiger partial charge in [-0.25, -0.2) is 0 Å². The van der Waals surface area contributed by atoms with Gasteiger partial charge in [0.15, 0.2) is 13.2 Å². The van der Waals surface area contributed by atoms with Crippen LogP contribution < -0.4 is 0 Å². The van der Waals surface area contributed by atoms with Crippen LogP contribution in [-0.4, -0.2) is 30.9 Å². The molecule has 0 aromatic heterocycles. The molecule has 0 saturated carbocycles. The molecular weight excluding hydrogens is 548 g/mol. The Morgan fingerprint density at radius 1 is 0.386 bits per heavy atom. The van der Waals surface area contributed by atoms with Crippen LogP contribution in [0.2, 0.25) is 0 Å². The lowest BCUT2D eigenvalue weighted by Gasteiger charge is -2.06. The molecule has 0 aromatic carbocycles. The van der Waals surface area contributed by atoms with E-state index in [4.69, 9.17) is 9.47 Å². The molecule has 0 atom stereocenters. The van der Waals surface area contributed by atoms with Crippen LogP contribution in [0.5, 0.6) is 0 Å². The first-order valence-electron chi connectivity index (χ1n) is 18.7. The number of carbonyl (C=O) groups excluding carboxylic acids is 3. The molecule has 0 saturated heterocycles. The van der Waals surface area contributed by atoms with Gasteiger partial charge in [0.2, 0.25) is 5.78 Å². The van der Waals surface area contributed by atoms with E-state index in [1.165, 1.54) is 116 Å². The highest BCUT2D eigenvalue weighted by Crippen LogP contribution is 2.12. The van der Waals surface area contributed by atoms with E-state index >= 15 is 0 Å². The van der Waals surface area contributed by atoms with Gasteiger partial charge in [-0.3, -0.25) is 14.4 Å². The van der Waals surface area contributed by atoms with Crippen LogP contribution in [0.25, 0.3) is 0 Å². The Morgan fingerprint density at radius 3 is 0.977 bits per heavy atom. The summed E-state index contributed by atoms with van der Waals surface area (Å²) in [4.78, 5) is 35.7. The first kappa shape index (κ1) is 42.1. The lowest BCUT2D eigenvalue weighted by atomic mass is 10.1. The zero-order valence-corrected chi connectivity index (χ0v) is 29.1. The number of esters is 2. The van der Waals surface area contributed by atoms with E-state index in [0.29, 0.717) is 12.8 Å². The van der Waals surface area contributed by atoms with Gasteiger partial charge in [-0.15, -0.1) is 0 Å². The van der Waals surface area contributed by atoms with Gasteiger partial charge in [-0.2, -0.15) is 0 Å². The molecule has 0 unspecified atom stereocenters. The fourth-order valence-corrected chi connectivity index (χ4v) is 5.19. The highest BCUT2D eigenvalue weighted by molar-refractivity contribution is 5.85. The lowest BCUT2D eigenvalue weighted by Crippen LogP contribution is -2.20. The van der Waals surface area contributed by atoms with Crippen molar-refractivity contribution in [2.75, 3.05) is 13.2 Å². The van der Waals surface area contributed by atoms with E-state index in [1.54, 1.807) is 0 Å². The highest BCUT2D eigenvalue weighted by atomic mass is 16.6. The van der Waals surface area contributed by atoms with E-state index in [9.17, 15) is 14.4 Å². The minimum atomic E-state index is -0.374. The number of unbranched alkanes of at least 4 members (excludes halogenated alkanes) is 22. The minimum absolute atomic E-state index is 0.315. The molecule has 0 aromatic rings. The summed E-state index contributed by atoms with van der Waals surface area (Å²) in [5.74, 6) is -1.08. The molecule has 0 N–H and O–H groups in total. The third-order valence-electron chi connectivity index (χ3n) is 8.07. The molecular formula is C39H70O5. The molecule has 0 radical (unpaired) electrons. The highest BCUT2D eigenvalue weighted by Gasteiger charge is 2.11. The summed E-state index contributed by atoms with van der Waals surface area (Å²) in [6, 6.07) is 0. The van der Waals surface area contributed by atoms with Crippen LogP contribution in [0.15, 0.2) is 24.3 Å². The Balaban J connectivity index is 3.46. The zero-order valence-electron chi connectivity index (χ0n) is 29.1. The van der Waals surface area contributed by atoms with Crippen molar-refractivity contribution in [2.24, 2.45) is 0 Å². The molecule has 0 fully saturated rings. The van der Waals surface area contributed by atoms with Gasteiger partial charge in [0.25, 0.3) is 0 Å². The predicted molar refractivity (Wildman–Crippen MR) is 186 cm³/mol. The Morgan fingerprint density at radius 2 is 0.659 bits per heavy atom. The summed E-state index contributed by atoms with van der Waals surface area (Å²) in [6.07, 6.45) is 41.4. The lowest BCUT2D eigenvalue weighted by molar-refractivity contribution is -0.153. The molecule has 0 spiro atoms. The van der Waals surface area contributed by atoms with Gasteiger partial charge in [0.1, 0.15) is 0 Å². The average Bonchev–Trinajstić information content (AvgIpc) is 3.02. The van der Waals surface area contributed by atoms with Crippen molar-refractivity contribution in [3.05, 3.63) is 24.3 Å². The first-order chi connectivity index (χ1) is 21.6. The number of rotatable bonds is 34. The van der Waals surface area contributed by atoms with Gasteiger partial charge >= 0.3 is 11.9 Å². The molecule has 0 heterocycles. The van der Waals surface area contributed by atoms with E-state index in [2.05, 4.69) is 38.2 Å². The summed E-state index contributed by atoms with van der Waals surface area (Å²) in [7, 11) is 0. The number of carbonyl (C=O) groups is 3. The summed E-state index contributed by atoms with van der Waals surface area (Å²) < 4.78 is 10.1. The third kappa shape index (κ3) is 34.6. The van der Waals surface area contributed by atoms with Crippen molar-refractivity contribution in [2.45, 2.75) is 194 Å². The van der Waals surface area contributed by atoms with E-state index < -0.39 is 0 Å². The van der Waals surface area contributed by atoms with Crippen LogP contribution in [0, 0.1) is 0 Å². The van der Waals surface area contributed by atoms with E-state index in [-0.39, 0.29) is 30.9 Å². The van der Waals surface area contributed by atoms with Crippen LogP contribution in [0.1, 0.15) is 194 Å². The summed E-state index contributed by atoms with van der Waals surface area (Å²) in [5.41, 5.74) is 0. The second-order valence-electron chi connectivity index (χ2n) is 12.5. The number of allylic oxidation sites excluding steroid dienone is 4. The van der Waals surface area contributed by atoms with Crippen molar-refractivity contribution in [3.63, 3.8) is 0 Å². The van der Waals surface area contributed by atoms with Crippen molar-refractivity contribution in [3.8, 4) is 0 Å². The largest absolute Gasteiger partial charge is 0.458 e. The van der Waals surface area contributed by atoms with E-state index in [1.807, 2.05) is 0 Å². The van der Waals surface area contributed by atoms with Crippen molar-refractivity contribution >= 4 is 17.7 Å².